The number of aryl methyl sites for hydroxylation is 1. The van der Waals surface area contributed by atoms with Crippen LogP contribution in [-0.2, 0) is 0 Å². The first kappa shape index (κ1) is 18.3. The van der Waals surface area contributed by atoms with E-state index >= 15 is 0 Å². The number of H-pyrrole nitrogens is 1. The Labute approximate surface area is 175 Å². The van der Waals surface area contributed by atoms with Crippen LogP contribution in [0.2, 0.25) is 5.02 Å². The molecule has 0 bridgehead atoms. The molecule has 148 valence electrons. The predicted molar refractivity (Wildman–Crippen MR) is 114 cm³/mol. The molecule has 1 amide bonds. The summed E-state index contributed by atoms with van der Waals surface area (Å²) in [5, 5.41) is 3.06. The zero-order valence-electron chi connectivity index (χ0n) is 15.8. The number of halogens is 2. The van der Waals surface area contributed by atoms with Gasteiger partial charge in [0.1, 0.15) is 17.2 Å². The molecule has 0 saturated heterocycles. The Hall–Kier alpha value is -3.71. The van der Waals surface area contributed by atoms with E-state index in [4.69, 9.17) is 11.6 Å². The molecule has 0 saturated carbocycles. The molecule has 30 heavy (non-hydrogen) atoms. The van der Waals surface area contributed by atoms with Crippen LogP contribution in [0.3, 0.4) is 0 Å². The van der Waals surface area contributed by atoms with Crippen LogP contribution in [0.4, 0.5) is 10.3 Å². The number of carbonyl (C=O) groups excluding carboxylic acids is 1. The van der Waals surface area contributed by atoms with Crippen molar-refractivity contribution in [3.05, 3.63) is 83.0 Å². The monoisotopic (exact) mass is 419 g/mol. The van der Waals surface area contributed by atoms with Crippen molar-refractivity contribution in [2.75, 3.05) is 5.32 Å². The number of hydrogen-bond donors (Lipinski definition) is 2. The summed E-state index contributed by atoms with van der Waals surface area (Å²) in [5.41, 5.74) is 4.78. The van der Waals surface area contributed by atoms with E-state index in [1.165, 1.54) is 12.1 Å². The molecular weight excluding hydrogens is 405 g/mol. The Balaban J connectivity index is 1.44. The summed E-state index contributed by atoms with van der Waals surface area (Å²) in [5.74, 6) is -0.470. The van der Waals surface area contributed by atoms with Gasteiger partial charge in [-0.3, -0.25) is 10.1 Å². The smallest absolute Gasteiger partial charge is 0.278 e. The normalized spacial score (nSPS) is 11.3. The van der Waals surface area contributed by atoms with Crippen molar-refractivity contribution in [1.29, 1.82) is 0 Å². The number of imidazole rings is 2. The van der Waals surface area contributed by atoms with E-state index in [9.17, 15) is 9.18 Å². The second-order valence-corrected chi connectivity index (χ2v) is 7.41. The maximum atomic E-state index is 13.7. The molecule has 5 rings (SSSR count). The van der Waals surface area contributed by atoms with Crippen LogP contribution in [-0.4, -0.2) is 25.3 Å². The molecule has 2 N–H and O–H groups in total. The van der Waals surface area contributed by atoms with Gasteiger partial charge in [-0.2, -0.15) is 0 Å². The highest BCUT2D eigenvalue weighted by Crippen LogP contribution is 2.27. The molecule has 2 aromatic carbocycles. The Bertz CT molecular complexity index is 1420. The molecule has 3 heterocycles. The standard InChI is InChI=1S/C22H15ClFN5O/c1-12-3-2-6-29-11-19(25-20(12)29)21(30)28-22-26-17-5-4-13(9-18(17)27-22)14-7-15(23)10-16(24)8-14/h2-11H,1H3,(H2,26,27,28,30). The van der Waals surface area contributed by atoms with Gasteiger partial charge in [-0.1, -0.05) is 23.7 Å². The number of benzene rings is 2. The zero-order chi connectivity index (χ0) is 20.8. The first-order chi connectivity index (χ1) is 14.5. The quantitative estimate of drug-likeness (QED) is 0.420. The highest BCUT2D eigenvalue weighted by molar-refractivity contribution is 6.30. The SMILES string of the molecule is Cc1cccn2cc(C(=O)Nc3nc4cc(-c5cc(F)cc(Cl)c5)ccc4[nH]3)nc12. The third-order valence-corrected chi connectivity index (χ3v) is 5.04. The fourth-order valence-corrected chi connectivity index (χ4v) is 3.62. The van der Waals surface area contributed by atoms with E-state index in [1.54, 1.807) is 22.7 Å². The van der Waals surface area contributed by atoms with Gasteiger partial charge in [0.2, 0.25) is 5.95 Å². The number of fused-ring (bicyclic) bond motifs is 2. The van der Waals surface area contributed by atoms with Gasteiger partial charge in [0.15, 0.2) is 0 Å². The van der Waals surface area contributed by atoms with Crippen molar-refractivity contribution < 1.29 is 9.18 Å². The second-order valence-electron chi connectivity index (χ2n) is 6.98. The van der Waals surface area contributed by atoms with E-state index in [0.29, 0.717) is 27.7 Å². The minimum Gasteiger partial charge on any atom is -0.324 e. The van der Waals surface area contributed by atoms with Crippen LogP contribution in [0.1, 0.15) is 16.1 Å². The number of aromatic nitrogens is 4. The third-order valence-electron chi connectivity index (χ3n) is 4.82. The minimum atomic E-state index is -0.407. The largest absolute Gasteiger partial charge is 0.324 e. The molecule has 6 nitrogen and oxygen atoms in total. The molecule has 0 aliphatic heterocycles. The average Bonchev–Trinajstić information content (AvgIpc) is 3.31. The minimum absolute atomic E-state index is 0.292. The first-order valence-corrected chi connectivity index (χ1v) is 9.56. The molecule has 0 spiro atoms. The summed E-state index contributed by atoms with van der Waals surface area (Å²) in [6, 6.07) is 13.7. The summed E-state index contributed by atoms with van der Waals surface area (Å²) >= 11 is 5.96. The molecule has 0 unspecified atom stereocenters. The molecular formula is C22H15ClFN5O. The number of rotatable bonds is 3. The van der Waals surface area contributed by atoms with E-state index < -0.39 is 5.82 Å². The maximum absolute atomic E-state index is 13.7. The maximum Gasteiger partial charge on any atom is 0.278 e. The lowest BCUT2D eigenvalue weighted by atomic mass is 10.1. The summed E-state index contributed by atoms with van der Waals surface area (Å²) in [6.45, 7) is 1.94. The van der Waals surface area contributed by atoms with Crippen molar-refractivity contribution in [2.24, 2.45) is 0 Å². The highest BCUT2D eigenvalue weighted by Gasteiger charge is 2.14. The average molecular weight is 420 g/mol. The fraction of sp³-hybridized carbons (Fsp3) is 0.0455. The summed E-state index contributed by atoms with van der Waals surface area (Å²) in [7, 11) is 0. The van der Waals surface area contributed by atoms with Crippen LogP contribution in [0.5, 0.6) is 0 Å². The third kappa shape index (κ3) is 3.29. The number of aromatic amines is 1. The van der Waals surface area contributed by atoms with E-state index in [1.807, 2.05) is 37.4 Å². The molecule has 8 heteroatoms. The molecule has 0 fully saturated rings. The summed E-state index contributed by atoms with van der Waals surface area (Å²) < 4.78 is 15.5. The Morgan fingerprint density at radius 1 is 1.13 bits per heavy atom. The van der Waals surface area contributed by atoms with Crippen molar-refractivity contribution in [3.63, 3.8) is 0 Å². The Morgan fingerprint density at radius 3 is 2.80 bits per heavy atom. The highest BCUT2D eigenvalue weighted by atomic mass is 35.5. The summed E-state index contributed by atoms with van der Waals surface area (Å²) in [6.07, 6.45) is 3.51. The van der Waals surface area contributed by atoms with Crippen molar-refractivity contribution in [1.82, 2.24) is 19.4 Å². The van der Waals surface area contributed by atoms with Gasteiger partial charge in [0, 0.05) is 17.4 Å². The van der Waals surface area contributed by atoms with Crippen LogP contribution < -0.4 is 5.32 Å². The van der Waals surface area contributed by atoms with E-state index in [-0.39, 0.29) is 5.91 Å². The first-order valence-electron chi connectivity index (χ1n) is 9.18. The van der Waals surface area contributed by atoms with Gasteiger partial charge >= 0.3 is 0 Å². The molecule has 0 radical (unpaired) electrons. The molecule has 0 atom stereocenters. The van der Waals surface area contributed by atoms with Crippen LogP contribution >= 0.6 is 11.6 Å². The van der Waals surface area contributed by atoms with Crippen molar-refractivity contribution >= 4 is 40.1 Å². The van der Waals surface area contributed by atoms with Crippen LogP contribution in [0.25, 0.3) is 27.8 Å². The van der Waals surface area contributed by atoms with Crippen molar-refractivity contribution in [2.45, 2.75) is 6.92 Å². The van der Waals surface area contributed by atoms with Gasteiger partial charge in [0.25, 0.3) is 5.91 Å². The lowest BCUT2D eigenvalue weighted by Crippen LogP contribution is -2.13. The lowest BCUT2D eigenvalue weighted by molar-refractivity contribution is 0.102. The second kappa shape index (κ2) is 6.96. The number of amides is 1. The number of hydrogen-bond acceptors (Lipinski definition) is 3. The number of carbonyl (C=O) groups is 1. The molecule has 0 aliphatic carbocycles. The lowest BCUT2D eigenvalue weighted by Gasteiger charge is -2.03. The fourth-order valence-electron chi connectivity index (χ4n) is 3.40. The van der Waals surface area contributed by atoms with E-state index in [0.717, 1.165) is 22.3 Å². The Kier molecular flexibility index (Phi) is 4.25. The zero-order valence-corrected chi connectivity index (χ0v) is 16.5. The molecule has 3 aromatic heterocycles. The van der Waals surface area contributed by atoms with Crippen LogP contribution in [0, 0.1) is 12.7 Å². The van der Waals surface area contributed by atoms with Gasteiger partial charge < -0.3 is 9.38 Å². The van der Waals surface area contributed by atoms with E-state index in [2.05, 4.69) is 20.3 Å². The number of anilines is 1. The van der Waals surface area contributed by atoms with Gasteiger partial charge in [-0.15, -0.1) is 0 Å². The van der Waals surface area contributed by atoms with Crippen LogP contribution in [0.15, 0.2) is 60.9 Å². The van der Waals surface area contributed by atoms with Gasteiger partial charge in [-0.25, -0.2) is 14.4 Å². The van der Waals surface area contributed by atoms with Gasteiger partial charge in [0.05, 0.1) is 11.0 Å². The topological polar surface area (TPSA) is 75.1 Å². The number of nitrogens with one attached hydrogen (secondary N) is 2. The number of nitrogens with zero attached hydrogens (tertiary/aromatic N) is 3. The molecule has 0 aliphatic rings. The van der Waals surface area contributed by atoms with Crippen molar-refractivity contribution in [3.8, 4) is 11.1 Å². The Morgan fingerprint density at radius 2 is 2.00 bits per heavy atom. The number of pyridine rings is 1. The van der Waals surface area contributed by atoms with Gasteiger partial charge in [-0.05, 0) is 60.0 Å². The summed E-state index contributed by atoms with van der Waals surface area (Å²) in [4.78, 5) is 24.5. The molecule has 5 aromatic rings. The predicted octanol–water partition coefficient (Wildman–Crippen LogP) is 5.23.